The zero-order valence-electron chi connectivity index (χ0n) is 4.74. The highest BCUT2D eigenvalue weighted by atomic mass is 35.5. The summed E-state index contributed by atoms with van der Waals surface area (Å²) in [5.41, 5.74) is 0.701. The standard InChI is InChI=1S/C7H5N.ClH/c1-8-7-5-3-2-4-6-7;/h2-6H;1H. The van der Waals surface area contributed by atoms with Gasteiger partial charge in [-0.3, -0.25) is 0 Å². The zero-order valence-corrected chi connectivity index (χ0v) is 5.56. The minimum absolute atomic E-state index is 0. The molecule has 1 rings (SSSR count). The lowest BCUT2D eigenvalue weighted by molar-refractivity contribution is 1.72. The Hall–Kier alpha value is -1.00. The van der Waals surface area contributed by atoms with Crippen LogP contribution in [0, 0.1) is 6.57 Å². The molecule has 0 amide bonds. The molecule has 0 bridgehead atoms. The summed E-state index contributed by atoms with van der Waals surface area (Å²) in [6.07, 6.45) is 0. The van der Waals surface area contributed by atoms with Gasteiger partial charge >= 0.3 is 0 Å². The van der Waals surface area contributed by atoms with Crippen LogP contribution in [0.2, 0.25) is 0 Å². The van der Waals surface area contributed by atoms with Gasteiger partial charge in [-0.25, -0.2) is 4.85 Å². The van der Waals surface area contributed by atoms with Gasteiger partial charge in [-0.15, -0.1) is 12.4 Å². The fourth-order valence-corrected chi connectivity index (χ4v) is 0.503. The second-order valence-corrected chi connectivity index (χ2v) is 1.45. The predicted molar refractivity (Wildman–Crippen MR) is 40.0 cm³/mol. The van der Waals surface area contributed by atoms with Crippen molar-refractivity contribution in [3.05, 3.63) is 41.7 Å². The van der Waals surface area contributed by atoms with E-state index >= 15 is 0 Å². The number of nitrogens with zero attached hydrogens (tertiary/aromatic N) is 1. The van der Waals surface area contributed by atoms with Gasteiger partial charge in [0, 0.05) is 0 Å². The highest BCUT2D eigenvalue weighted by Gasteiger charge is 1.79. The van der Waals surface area contributed by atoms with Crippen LogP contribution < -0.4 is 0 Å². The summed E-state index contributed by atoms with van der Waals surface area (Å²) in [5.74, 6) is 0. The normalized spacial score (nSPS) is 7.00. The van der Waals surface area contributed by atoms with Crippen LogP contribution in [0.5, 0.6) is 0 Å². The molecule has 1 nitrogen and oxygen atoms in total. The van der Waals surface area contributed by atoms with Crippen molar-refractivity contribution in [2.24, 2.45) is 0 Å². The van der Waals surface area contributed by atoms with Gasteiger partial charge in [-0.05, 0) is 0 Å². The maximum absolute atomic E-state index is 6.57. The Kier molecular flexibility index (Phi) is 3.50. The SMILES string of the molecule is Cl.[C-]#[N+]c1ccccc1. The first-order chi connectivity index (χ1) is 3.93. The maximum atomic E-state index is 6.57. The van der Waals surface area contributed by atoms with E-state index in [1.165, 1.54) is 0 Å². The predicted octanol–water partition coefficient (Wildman–Crippen LogP) is 2.66. The van der Waals surface area contributed by atoms with Crippen LogP contribution in [0.25, 0.3) is 4.85 Å². The van der Waals surface area contributed by atoms with E-state index in [9.17, 15) is 0 Å². The van der Waals surface area contributed by atoms with Crippen LogP contribution in [0.4, 0.5) is 5.69 Å². The molecule has 1 aromatic carbocycles. The van der Waals surface area contributed by atoms with Crippen molar-refractivity contribution in [2.45, 2.75) is 0 Å². The van der Waals surface area contributed by atoms with Crippen LogP contribution in [-0.2, 0) is 0 Å². The average molecular weight is 140 g/mol. The largest absolute Gasteiger partial charge is 0.238 e. The summed E-state index contributed by atoms with van der Waals surface area (Å²) >= 11 is 0. The number of halogens is 1. The lowest BCUT2D eigenvalue weighted by Crippen LogP contribution is -1.54. The number of para-hydroxylation sites is 1. The molecule has 9 heavy (non-hydrogen) atoms. The first kappa shape index (κ1) is 8.00. The molecule has 1 aromatic rings. The third-order valence-corrected chi connectivity index (χ3v) is 0.885. The van der Waals surface area contributed by atoms with E-state index in [0.29, 0.717) is 5.69 Å². The van der Waals surface area contributed by atoms with Crippen LogP contribution in [0.1, 0.15) is 0 Å². The Balaban J connectivity index is 0.000000640. The molecule has 0 spiro atoms. The Morgan fingerprint density at radius 3 is 2.00 bits per heavy atom. The molecule has 0 aliphatic rings. The Bertz CT molecular complexity index is 200. The molecule has 0 N–H and O–H groups in total. The Morgan fingerprint density at radius 1 is 1.11 bits per heavy atom. The van der Waals surface area contributed by atoms with Gasteiger partial charge in [0.25, 0.3) is 0 Å². The van der Waals surface area contributed by atoms with Gasteiger partial charge in [-0.1, -0.05) is 30.3 Å². The lowest BCUT2D eigenvalue weighted by atomic mass is 10.3. The van der Waals surface area contributed by atoms with Crippen molar-refractivity contribution >= 4 is 18.1 Å². The quantitative estimate of drug-likeness (QED) is 0.487. The van der Waals surface area contributed by atoms with E-state index in [1.807, 2.05) is 18.2 Å². The van der Waals surface area contributed by atoms with Crippen molar-refractivity contribution in [3.63, 3.8) is 0 Å². The fourth-order valence-electron chi connectivity index (χ4n) is 0.503. The van der Waals surface area contributed by atoms with E-state index in [0.717, 1.165) is 0 Å². The average Bonchev–Trinajstić information content (AvgIpc) is 1.90. The van der Waals surface area contributed by atoms with Crippen LogP contribution in [0.15, 0.2) is 30.3 Å². The van der Waals surface area contributed by atoms with Crippen LogP contribution in [-0.4, -0.2) is 0 Å². The monoisotopic (exact) mass is 139 g/mol. The lowest BCUT2D eigenvalue weighted by Gasteiger charge is -1.80. The minimum atomic E-state index is 0. The second-order valence-electron chi connectivity index (χ2n) is 1.45. The molecule has 2 heteroatoms. The van der Waals surface area contributed by atoms with E-state index in [2.05, 4.69) is 4.85 Å². The first-order valence-corrected chi connectivity index (χ1v) is 2.36. The molecule has 0 unspecified atom stereocenters. The molecule has 0 atom stereocenters. The highest BCUT2D eigenvalue weighted by Crippen LogP contribution is 2.07. The number of benzene rings is 1. The Labute approximate surface area is 60.6 Å². The van der Waals surface area contributed by atoms with Crippen molar-refractivity contribution in [2.75, 3.05) is 0 Å². The van der Waals surface area contributed by atoms with Crippen molar-refractivity contribution in [1.29, 1.82) is 0 Å². The zero-order chi connectivity index (χ0) is 5.82. The van der Waals surface area contributed by atoms with Gasteiger partial charge in [0.05, 0.1) is 6.57 Å². The van der Waals surface area contributed by atoms with Crippen molar-refractivity contribution < 1.29 is 0 Å². The van der Waals surface area contributed by atoms with Gasteiger partial charge in [0.2, 0.25) is 0 Å². The summed E-state index contributed by atoms with van der Waals surface area (Å²) in [6.45, 7) is 6.57. The molecule has 46 valence electrons. The van der Waals surface area contributed by atoms with Crippen molar-refractivity contribution in [3.8, 4) is 0 Å². The van der Waals surface area contributed by atoms with Gasteiger partial charge < -0.3 is 0 Å². The summed E-state index contributed by atoms with van der Waals surface area (Å²) < 4.78 is 0. The molecule has 0 radical (unpaired) electrons. The molecule has 0 aliphatic heterocycles. The number of rotatable bonds is 0. The van der Waals surface area contributed by atoms with E-state index < -0.39 is 0 Å². The van der Waals surface area contributed by atoms with Gasteiger partial charge in [0.15, 0.2) is 5.69 Å². The third-order valence-electron chi connectivity index (χ3n) is 0.885. The summed E-state index contributed by atoms with van der Waals surface area (Å²) in [7, 11) is 0. The Morgan fingerprint density at radius 2 is 1.67 bits per heavy atom. The molecule has 0 saturated heterocycles. The molecule has 0 saturated carbocycles. The number of hydrogen-bond donors (Lipinski definition) is 0. The maximum Gasteiger partial charge on any atom is 0.187 e. The third kappa shape index (κ3) is 2.16. The van der Waals surface area contributed by atoms with Gasteiger partial charge in [-0.2, -0.15) is 0 Å². The van der Waals surface area contributed by atoms with E-state index in [-0.39, 0.29) is 12.4 Å². The smallest absolute Gasteiger partial charge is 0.187 e. The van der Waals surface area contributed by atoms with Crippen LogP contribution in [0.3, 0.4) is 0 Å². The molecule has 0 aromatic heterocycles. The minimum Gasteiger partial charge on any atom is -0.238 e. The van der Waals surface area contributed by atoms with Gasteiger partial charge in [0.1, 0.15) is 0 Å². The molecule has 0 aliphatic carbocycles. The molecular weight excluding hydrogens is 134 g/mol. The molecule has 0 fully saturated rings. The van der Waals surface area contributed by atoms with Crippen LogP contribution >= 0.6 is 12.4 Å². The summed E-state index contributed by atoms with van der Waals surface area (Å²) in [4.78, 5) is 3.22. The number of hydrogen-bond acceptors (Lipinski definition) is 0. The highest BCUT2D eigenvalue weighted by molar-refractivity contribution is 5.85. The van der Waals surface area contributed by atoms with Crippen molar-refractivity contribution in [1.82, 2.24) is 0 Å². The first-order valence-electron chi connectivity index (χ1n) is 2.36. The summed E-state index contributed by atoms with van der Waals surface area (Å²) in [6, 6.07) is 9.18. The van der Waals surface area contributed by atoms with E-state index in [4.69, 9.17) is 6.57 Å². The van der Waals surface area contributed by atoms with E-state index in [1.54, 1.807) is 12.1 Å². The molecular formula is C7H6ClN. The fraction of sp³-hybridized carbons (Fsp3) is 0. The molecule has 0 heterocycles. The summed E-state index contributed by atoms with van der Waals surface area (Å²) in [5, 5.41) is 0. The topological polar surface area (TPSA) is 4.36 Å². The second kappa shape index (κ2) is 3.94.